The molecule has 0 unspecified atom stereocenters. The zero-order valence-corrected chi connectivity index (χ0v) is 17.5. The van der Waals surface area contributed by atoms with Gasteiger partial charge in [-0.3, -0.25) is 0 Å². The predicted molar refractivity (Wildman–Crippen MR) is 117 cm³/mol. The smallest absolute Gasteiger partial charge is 0.167 e. The maximum atomic E-state index is 2.29. The van der Waals surface area contributed by atoms with Gasteiger partial charge in [0.25, 0.3) is 0 Å². The van der Waals surface area contributed by atoms with Crippen LogP contribution in [-0.4, -0.2) is 0 Å². The Hall–Kier alpha value is -1.63. The van der Waals surface area contributed by atoms with Crippen LogP contribution in [-0.2, 0) is 6.42 Å². The first-order valence-corrected chi connectivity index (χ1v) is 11.5. The maximum Gasteiger partial charge on any atom is 0.210 e. The number of rotatable bonds is 15. The van der Waals surface area contributed by atoms with E-state index in [0.717, 1.165) is 0 Å². The van der Waals surface area contributed by atoms with E-state index in [4.69, 9.17) is 0 Å². The second kappa shape index (κ2) is 14.4. The summed E-state index contributed by atoms with van der Waals surface area (Å²) in [6.45, 7) is 2.29. The van der Waals surface area contributed by atoms with Gasteiger partial charge in [0, 0.05) is 23.8 Å². The highest BCUT2D eigenvalue weighted by Crippen LogP contribution is 2.13. The zero-order valence-electron chi connectivity index (χ0n) is 17.5. The molecule has 1 aromatic heterocycles. The number of pyridine rings is 1. The third-order valence-electron chi connectivity index (χ3n) is 5.49. The van der Waals surface area contributed by atoms with Crippen molar-refractivity contribution in [3.63, 3.8) is 0 Å². The summed E-state index contributed by atoms with van der Waals surface area (Å²) >= 11 is 0. The van der Waals surface area contributed by atoms with E-state index in [9.17, 15) is 0 Å². The molecule has 0 bridgehead atoms. The van der Waals surface area contributed by atoms with Crippen LogP contribution in [0.2, 0.25) is 0 Å². The van der Waals surface area contributed by atoms with Gasteiger partial charge in [-0.1, -0.05) is 102 Å². The van der Waals surface area contributed by atoms with Crippen LogP contribution in [0.25, 0.3) is 5.69 Å². The average Bonchev–Trinajstić information content (AvgIpc) is 2.72. The van der Waals surface area contributed by atoms with Crippen LogP contribution in [0.4, 0.5) is 0 Å². The molecule has 2 aromatic rings. The molecule has 1 nitrogen and oxygen atoms in total. The molecule has 148 valence electrons. The fraction of sp³-hybridized carbons (Fsp3) is 0.577. The van der Waals surface area contributed by atoms with Gasteiger partial charge in [0.2, 0.25) is 5.69 Å². The van der Waals surface area contributed by atoms with Gasteiger partial charge < -0.3 is 0 Å². The molecule has 0 saturated heterocycles. The van der Waals surface area contributed by atoms with Gasteiger partial charge >= 0.3 is 0 Å². The molecule has 0 N–H and O–H groups in total. The third-order valence-corrected chi connectivity index (χ3v) is 5.49. The number of unbranched alkanes of at least 4 members (excludes halogenated alkanes) is 12. The minimum atomic E-state index is 1.20. The quantitative estimate of drug-likeness (QED) is 0.226. The summed E-state index contributed by atoms with van der Waals surface area (Å²) in [6, 6.07) is 15.0. The third kappa shape index (κ3) is 9.75. The molecular weight excluding hydrogens is 326 g/mol. The lowest BCUT2D eigenvalue weighted by Crippen LogP contribution is -2.29. The van der Waals surface area contributed by atoms with Crippen molar-refractivity contribution in [3.8, 4) is 5.69 Å². The summed E-state index contributed by atoms with van der Waals surface area (Å²) in [5.41, 5.74) is 2.69. The monoisotopic (exact) mass is 366 g/mol. The standard InChI is InChI=1S/C26H40N/c1-2-3-4-5-6-7-8-9-10-11-12-13-15-19-25-20-18-23-27(24-25)26-21-16-14-17-22-26/h14,16-18,20-24H,2-13,15,19H2,1H3/q+1. The van der Waals surface area contributed by atoms with Gasteiger partial charge in [-0.2, -0.15) is 4.57 Å². The number of hydrogen-bond acceptors (Lipinski definition) is 0. The summed E-state index contributed by atoms with van der Waals surface area (Å²) in [4.78, 5) is 0. The molecule has 2 rings (SSSR count). The first-order valence-electron chi connectivity index (χ1n) is 11.5. The molecule has 1 aromatic carbocycles. The summed E-state index contributed by atoms with van der Waals surface area (Å²) in [5.74, 6) is 0. The largest absolute Gasteiger partial charge is 0.210 e. The van der Waals surface area contributed by atoms with Gasteiger partial charge in [-0.15, -0.1) is 0 Å². The molecule has 1 heterocycles. The Morgan fingerprint density at radius 3 is 1.74 bits per heavy atom. The van der Waals surface area contributed by atoms with Crippen LogP contribution in [0.3, 0.4) is 0 Å². The van der Waals surface area contributed by atoms with Crippen molar-refractivity contribution >= 4 is 0 Å². The Labute approximate surface area is 167 Å². The van der Waals surface area contributed by atoms with Crippen molar-refractivity contribution in [2.24, 2.45) is 0 Å². The predicted octanol–water partition coefficient (Wildman–Crippen LogP) is 7.60. The lowest BCUT2D eigenvalue weighted by molar-refractivity contribution is -0.596. The first-order chi connectivity index (χ1) is 13.4. The Kier molecular flexibility index (Phi) is 11.6. The van der Waals surface area contributed by atoms with Crippen LogP contribution in [0.5, 0.6) is 0 Å². The maximum absolute atomic E-state index is 2.29. The van der Waals surface area contributed by atoms with Crippen molar-refractivity contribution in [2.45, 2.75) is 96.8 Å². The van der Waals surface area contributed by atoms with Crippen molar-refractivity contribution in [2.75, 3.05) is 0 Å². The van der Waals surface area contributed by atoms with Crippen LogP contribution in [0.1, 0.15) is 96.0 Å². The Bertz CT molecular complexity index is 590. The van der Waals surface area contributed by atoms with Crippen molar-refractivity contribution in [1.82, 2.24) is 0 Å². The molecule has 0 aliphatic heterocycles. The molecule has 27 heavy (non-hydrogen) atoms. The number of benzene rings is 1. The average molecular weight is 367 g/mol. The van der Waals surface area contributed by atoms with Gasteiger partial charge in [-0.25, -0.2) is 0 Å². The zero-order chi connectivity index (χ0) is 19.0. The highest BCUT2D eigenvalue weighted by molar-refractivity contribution is 5.22. The second-order valence-corrected chi connectivity index (χ2v) is 7.95. The number of para-hydroxylation sites is 1. The molecule has 0 saturated carbocycles. The fourth-order valence-corrected chi connectivity index (χ4v) is 3.78. The van der Waals surface area contributed by atoms with E-state index in [1.165, 1.54) is 101 Å². The van der Waals surface area contributed by atoms with Crippen molar-refractivity contribution < 1.29 is 4.57 Å². The number of aromatic nitrogens is 1. The highest BCUT2D eigenvalue weighted by Gasteiger charge is 2.05. The minimum Gasteiger partial charge on any atom is -0.167 e. The summed E-state index contributed by atoms with van der Waals surface area (Å²) in [5, 5.41) is 0. The van der Waals surface area contributed by atoms with E-state index >= 15 is 0 Å². The minimum absolute atomic E-state index is 1.20. The molecule has 0 fully saturated rings. The first kappa shape index (κ1) is 21.7. The van der Waals surface area contributed by atoms with E-state index < -0.39 is 0 Å². The van der Waals surface area contributed by atoms with Gasteiger partial charge in [-0.05, 0) is 18.9 Å². The molecule has 0 atom stereocenters. The summed E-state index contributed by atoms with van der Waals surface area (Å²) in [6.07, 6.45) is 24.1. The van der Waals surface area contributed by atoms with E-state index in [-0.39, 0.29) is 0 Å². The number of aryl methyl sites for hydroxylation is 1. The van der Waals surface area contributed by atoms with E-state index in [1.807, 2.05) is 0 Å². The van der Waals surface area contributed by atoms with Crippen LogP contribution in [0, 0.1) is 0 Å². The van der Waals surface area contributed by atoms with Gasteiger partial charge in [0.1, 0.15) is 0 Å². The van der Waals surface area contributed by atoms with Crippen molar-refractivity contribution in [3.05, 3.63) is 60.4 Å². The molecule has 0 aliphatic rings. The topological polar surface area (TPSA) is 3.88 Å². The van der Waals surface area contributed by atoms with Crippen LogP contribution in [0.15, 0.2) is 54.9 Å². The molecule has 0 spiro atoms. The lowest BCUT2D eigenvalue weighted by atomic mass is 10.0. The van der Waals surface area contributed by atoms with Crippen LogP contribution >= 0.6 is 0 Å². The Balaban J connectivity index is 1.48. The van der Waals surface area contributed by atoms with E-state index in [0.29, 0.717) is 0 Å². The van der Waals surface area contributed by atoms with Gasteiger partial charge in [0.05, 0.1) is 0 Å². The molecular formula is C26H40N+. The van der Waals surface area contributed by atoms with Gasteiger partial charge in [0.15, 0.2) is 12.4 Å². The van der Waals surface area contributed by atoms with E-state index in [1.54, 1.807) is 0 Å². The molecule has 1 heteroatoms. The number of nitrogens with zero attached hydrogens (tertiary/aromatic N) is 1. The SMILES string of the molecule is CCCCCCCCCCCCCCCc1ccc[n+](-c2ccccc2)c1. The fourth-order valence-electron chi connectivity index (χ4n) is 3.78. The highest BCUT2D eigenvalue weighted by atomic mass is 14.9. The summed E-state index contributed by atoms with van der Waals surface area (Å²) < 4.78 is 2.23. The second-order valence-electron chi connectivity index (χ2n) is 7.95. The molecule has 0 aliphatic carbocycles. The normalized spacial score (nSPS) is 11.0. The number of hydrogen-bond donors (Lipinski definition) is 0. The summed E-state index contributed by atoms with van der Waals surface area (Å²) in [7, 11) is 0. The Morgan fingerprint density at radius 2 is 1.15 bits per heavy atom. The Morgan fingerprint density at radius 1 is 0.593 bits per heavy atom. The molecule has 0 radical (unpaired) electrons. The van der Waals surface area contributed by atoms with Crippen LogP contribution < -0.4 is 4.57 Å². The molecule has 0 amide bonds. The lowest BCUT2D eigenvalue weighted by Gasteiger charge is -2.03. The van der Waals surface area contributed by atoms with E-state index in [2.05, 4.69) is 66.3 Å². The van der Waals surface area contributed by atoms with Crippen molar-refractivity contribution in [1.29, 1.82) is 0 Å².